The minimum Gasteiger partial charge on any atom is -0.490 e. The van der Waals surface area contributed by atoms with Gasteiger partial charge in [-0.05, 0) is 30.5 Å². The lowest BCUT2D eigenvalue weighted by Crippen LogP contribution is -2.19. The van der Waals surface area contributed by atoms with E-state index in [2.05, 4.69) is 4.18 Å². The minimum atomic E-state index is -4.62. The normalized spacial score (nSPS) is 18.2. The Kier molecular flexibility index (Phi) is 5.46. The molecule has 1 fully saturated rings. The van der Waals surface area contributed by atoms with Gasteiger partial charge in [-0.1, -0.05) is 13.0 Å². The summed E-state index contributed by atoms with van der Waals surface area (Å²) in [5.41, 5.74) is -0.933. The first-order valence-electron chi connectivity index (χ1n) is 7.37. The SMILES string of the molecule is C[C@H](COS(C)(=O)=O)C(O)c1ccc(OC2CC2)c(C(F)(F)F)c1. The average Bonchev–Trinajstić information content (AvgIpc) is 3.26. The van der Waals surface area contributed by atoms with Crippen LogP contribution < -0.4 is 4.74 Å². The maximum Gasteiger partial charge on any atom is 0.419 e. The summed E-state index contributed by atoms with van der Waals surface area (Å²) in [6, 6.07) is 3.36. The summed E-state index contributed by atoms with van der Waals surface area (Å²) in [7, 11) is -3.69. The van der Waals surface area contributed by atoms with Gasteiger partial charge in [-0.2, -0.15) is 21.6 Å². The first kappa shape index (κ1) is 19.0. The molecule has 1 saturated carbocycles. The average molecular weight is 368 g/mol. The number of ether oxygens (including phenoxy) is 1. The molecule has 5 nitrogen and oxygen atoms in total. The number of alkyl halides is 3. The highest BCUT2D eigenvalue weighted by Gasteiger charge is 2.37. The highest BCUT2D eigenvalue weighted by atomic mass is 32.2. The third-order valence-electron chi connectivity index (χ3n) is 3.55. The van der Waals surface area contributed by atoms with Gasteiger partial charge in [0.25, 0.3) is 10.1 Å². The minimum absolute atomic E-state index is 0.0232. The monoisotopic (exact) mass is 368 g/mol. The van der Waals surface area contributed by atoms with Crippen LogP contribution in [0.15, 0.2) is 18.2 Å². The summed E-state index contributed by atoms with van der Waals surface area (Å²) in [6.45, 7) is 1.15. The zero-order chi connectivity index (χ0) is 18.1. The van der Waals surface area contributed by atoms with E-state index in [-0.39, 0.29) is 24.0 Å². The molecule has 0 amide bonds. The standard InChI is InChI=1S/C15H19F3O5S/c1-9(8-22-24(2,20)21)14(19)10-3-6-13(23-11-4-5-11)12(7-10)15(16,17)18/h3,6-7,9,11,14,19H,4-5,8H2,1-2H3/t9-,14?/m1/s1. The van der Waals surface area contributed by atoms with Crippen molar-refractivity contribution >= 4 is 10.1 Å². The predicted octanol–water partition coefficient (Wildman–Crippen LogP) is 2.89. The second-order valence-corrected chi connectivity index (χ2v) is 7.63. The fourth-order valence-corrected chi connectivity index (χ4v) is 2.53. The lowest BCUT2D eigenvalue weighted by atomic mass is 9.96. The van der Waals surface area contributed by atoms with Gasteiger partial charge in [0.1, 0.15) is 5.75 Å². The third-order valence-corrected chi connectivity index (χ3v) is 4.12. The Bertz CT molecular complexity index is 683. The van der Waals surface area contributed by atoms with E-state index >= 15 is 0 Å². The number of aliphatic hydroxyl groups excluding tert-OH is 1. The van der Waals surface area contributed by atoms with Crippen molar-refractivity contribution in [2.24, 2.45) is 5.92 Å². The van der Waals surface area contributed by atoms with E-state index in [1.165, 1.54) is 19.1 Å². The molecular weight excluding hydrogens is 349 g/mol. The predicted molar refractivity (Wildman–Crippen MR) is 80.0 cm³/mol. The van der Waals surface area contributed by atoms with Crippen molar-refractivity contribution in [2.45, 2.75) is 38.1 Å². The number of benzene rings is 1. The molecule has 0 aliphatic heterocycles. The molecule has 2 atom stereocenters. The Morgan fingerprint density at radius 1 is 1.33 bits per heavy atom. The maximum absolute atomic E-state index is 13.2. The number of halogens is 3. The van der Waals surface area contributed by atoms with Gasteiger partial charge >= 0.3 is 6.18 Å². The van der Waals surface area contributed by atoms with Crippen molar-refractivity contribution in [3.05, 3.63) is 29.3 Å². The quantitative estimate of drug-likeness (QED) is 0.749. The van der Waals surface area contributed by atoms with Crippen LogP contribution in [-0.2, 0) is 20.5 Å². The Morgan fingerprint density at radius 3 is 2.46 bits per heavy atom. The van der Waals surface area contributed by atoms with E-state index in [9.17, 15) is 26.7 Å². The molecule has 0 radical (unpaired) electrons. The van der Waals surface area contributed by atoms with Crippen LogP contribution in [0.2, 0.25) is 0 Å². The summed E-state index contributed by atoms with van der Waals surface area (Å²) in [5, 5.41) is 10.2. The molecule has 9 heteroatoms. The Morgan fingerprint density at radius 2 is 1.96 bits per heavy atom. The molecule has 1 unspecified atom stereocenters. The molecule has 24 heavy (non-hydrogen) atoms. The van der Waals surface area contributed by atoms with Gasteiger partial charge in [-0.3, -0.25) is 4.18 Å². The fourth-order valence-electron chi connectivity index (χ4n) is 2.07. The second-order valence-electron chi connectivity index (χ2n) is 5.98. The molecular formula is C15H19F3O5S. The van der Waals surface area contributed by atoms with Crippen LogP contribution in [0.3, 0.4) is 0 Å². The van der Waals surface area contributed by atoms with Crippen LogP contribution >= 0.6 is 0 Å². The number of hydrogen-bond acceptors (Lipinski definition) is 5. The number of rotatable bonds is 7. The van der Waals surface area contributed by atoms with E-state index in [0.717, 1.165) is 25.2 Å². The molecule has 0 heterocycles. The van der Waals surface area contributed by atoms with Crippen LogP contribution in [0.1, 0.15) is 37.0 Å². The van der Waals surface area contributed by atoms with Gasteiger partial charge in [0.15, 0.2) is 0 Å². The summed E-state index contributed by atoms with van der Waals surface area (Å²) in [6.07, 6.45) is -3.81. The van der Waals surface area contributed by atoms with E-state index < -0.39 is 33.9 Å². The van der Waals surface area contributed by atoms with Crippen molar-refractivity contribution < 1.29 is 35.6 Å². The smallest absolute Gasteiger partial charge is 0.419 e. The highest BCUT2D eigenvalue weighted by Crippen LogP contribution is 2.40. The largest absolute Gasteiger partial charge is 0.490 e. The van der Waals surface area contributed by atoms with E-state index in [1.54, 1.807) is 0 Å². The molecule has 1 aromatic carbocycles. The van der Waals surface area contributed by atoms with Gasteiger partial charge in [-0.25, -0.2) is 0 Å². The fraction of sp³-hybridized carbons (Fsp3) is 0.600. The topological polar surface area (TPSA) is 72.8 Å². The van der Waals surface area contributed by atoms with Gasteiger partial charge in [0.05, 0.1) is 30.6 Å². The molecule has 1 aromatic rings. The summed E-state index contributed by atoms with van der Waals surface area (Å²) < 4.78 is 71.4. The van der Waals surface area contributed by atoms with Crippen LogP contribution in [0.4, 0.5) is 13.2 Å². The highest BCUT2D eigenvalue weighted by molar-refractivity contribution is 7.85. The van der Waals surface area contributed by atoms with Crippen LogP contribution in [0, 0.1) is 5.92 Å². The molecule has 0 bridgehead atoms. The van der Waals surface area contributed by atoms with E-state index in [0.29, 0.717) is 0 Å². The molecule has 0 aromatic heterocycles. The van der Waals surface area contributed by atoms with Crippen molar-refractivity contribution in [3.63, 3.8) is 0 Å². The van der Waals surface area contributed by atoms with Gasteiger partial charge < -0.3 is 9.84 Å². The van der Waals surface area contributed by atoms with Crippen molar-refractivity contribution in [3.8, 4) is 5.75 Å². The lowest BCUT2D eigenvalue weighted by Gasteiger charge is -2.21. The first-order valence-corrected chi connectivity index (χ1v) is 9.19. The van der Waals surface area contributed by atoms with Gasteiger partial charge in [0.2, 0.25) is 0 Å². The Balaban J connectivity index is 2.19. The zero-order valence-electron chi connectivity index (χ0n) is 13.2. The van der Waals surface area contributed by atoms with E-state index in [1.807, 2.05) is 0 Å². The third kappa shape index (κ3) is 5.35. The Labute approximate surface area is 138 Å². The Hall–Kier alpha value is -1.32. The molecule has 1 aliphatic rings. The van der Waals surface area contributed by atoms with Gasteiger partial charge in [0, 0.05) is 5.92 Å². The summed E-state index contributed by atoms with van der Waals surface area (Å²) >= 11 is 0. The number of aliphatic hydroxyl groups is 1. The number of hydrogen-bond donors (Lipinski definition) is 1. The van der Waals surface area contributed by atoms with Crippen molar-refractivity contribution in [2.75, 3.05) is 12.9 Å². The van der Waals surface area contributed by atoms with E-state index in [4.69, 9.17) is 4.74 Å². The van der Waals surface area contributed by atoms with Crippen LogP contribution in [-0.4, -0.2) is 32.5 Å². The molecule has 1 N–H and O–H groups in total. The molecule has 136 valence electrons. The summed E-state index contributed by atoms with van der Waals surface area (Å²) in [5.74, 6) is -0.975. The zero-order valence-corrected chi connectivity index (χ0v) is 14.0. The van der Waals surface area contributed by atoms with Crippen molar-refractivity contribution in [1.82, 2.24) is 0 Å². The summed E-state index contributed by atoms with van der Waals surface area (Å²) in [4.78, 5) is 0. The molecule has 0 saturated heterocycles. The van der Waals surface area contributed by atoms with Crippen LogP contribution in [0.25, 0.3) is 0 Å². The second kappa shape index (κ2) is 6.89. The molecule has 1 aliphatic carbocycles. The maximum atomic E-state index is 13.2. The van der Waals surface area contributed by atoms with Gasteiger partial charge in [-0.15, -0.1) is 0 Å². The first-order chi connectivity index (χ1) is 11.0. The van der Waals surface area contributed by atoms with Crippen molar-refractivity contribution in [1.29, 1.82) is 0 Å². The molecule has 0 spiro atoms. The lowest BCUT2D eigenvalue weighted by molar-refractivity contribution is -0.139. The molecule has 2 rings (SSSR count). The van der Waals surface area contributed by atoms with Crippen LogP contribution in [0.5, 0.6) is 5.75 Å².